The van der Waals surface area contributed by atoms with Crippen LogP contribution >= 0.6 is 0 Å². The van der Waals surface area contributed by atoms with Gasteiger partial charge in [-0.15, -0.1) is 0 Å². The second-order valence-corrected chi connectivity index (χ2v) is 7.39. The van der Waals surface area contributed by atoms with Crippen molar-refractivity contribution >= 4 is 28.5 Å². The zero-order valence-electron chi connectivity index (χ0n) is 11.7. The van der Waals surface area contributed by atoms with Gasteiger partial charge in [-0.05, 0) is 33.8 Å². The lowest BCUT2D eigenvalue weighted by atomic mass is 10.1. The van der Waals surface area contributed by atoms with Crippen LogP contribution in [-0.4, -0.2) is 15.5 Å². The first-order valence-corrected chi connectivity index (χ1v) is 7.15. The number of hydrogen-bond donors (Lipinski definition) is 0. The van der Waals surface area contributed by atoms with Crippen LogP contribution in [0.25, 0.3) is 11.0 Å². The predicted octanol–water partition coefficient (Wildman–Crippen LogP) is 3.90. The van der Waals surface area contributed by atoms with Crippen LogP contribution in [0.3, 0.4) is 0 Å². The highest BCUT2D eigenvalue weighted by Gasteiger charge is 2.26. The summed E-state index contributed by atoms with van der Waals surface area (Å²) < 4.78 is 47.3. The number of hydrogen-bond acceptors (Lipinski definition) is 3. The summed E-state index contributed by atoms with van der Waals surface area (Å²) in [4.78, 5) is 0. The SMILES string of the molecule is Cc1c(C=N[S+]([O-])C(C)(C)C)oc2c(F)cc(F)cc12. The van der Waals surface area contributed by atoms with Crippen LogP contribution in [0.15, 0.2) is 20.9 Å². The molecule has 20 heavy (non-hydrogen) atoms. The van der Waals surface area contributed by atoms with E-state index in [1.165, 1.54) is 12.3 Å². The Hall–Kier alpha value is -1.40. The molecular formula is C14H15F2NO2S. The second kappa shape index (κ2) is 5.18. The number of fused-ring (bicyclic) bond motifs is 1. The maximum Gasteiger partial charge on any atom is 0.170 e. The summed E-state index contributed by atoms with van der Waals surface area (Å²) in [6.07, 6.45) is 1.30. The number of aryl methyl sites for hydroxylation is 1. The van der Waals surface area contributed by atoms with Crippen LogP contribution < -0.4 is 0 Å². The fourth-order valence-corrected chi connectivity index (χ4v) is 2.15. The standard InChI is InChI=1S/C14H15F2NO2S/c1-8-10-5-9(15)6-11(16)13(10)19-12(8)7-17-20(18)14(2,3)4/h5-7H,1-4H3. The number of furan rings is 1. The van der Waals surface area contributed by atoms with Crippen molar-refractivity contribution in [3.8, 4) is 0 Å². The molecule has 3 nitrogen and oxygen atoms in total. The first-order valence-electron chi connectivity index (χ1n) is 6.04. The molecule has 108 valence electrons. The molecule has 0 saturated carbocycles. The van der Waals surface area contributed by atoms with E-state index >= 15 is 0 Å². The van der Waals surface area contributed by atoms with Crippen molar-refractivity contribution in [1.82, 2.24) is 0 Å². The summed E-state index contributed by atoms with van der Waals surface area (Å²) in [5, 5.41) is 0.352. The van der Waals surface area contributed by atoms with Crippen molar-refractivity contribution in [1.29, 1.82) is 0 Å². The Bertz CT molecular complexity index is 674. The number of benzene rings is 1. The van der Waals surface area contributed by atoms with Crippen molar-refractivity contribution in [2.75, 3.05) is 0 Å². The summed E-state index contributed by atoms with van der Waals surface area (Å²) in [5.41, 5.74) is 0.542. The van der Waals surface area contributed by atoms with Gasteiger partial charge in [-0.3, -0.25) is 0 Å². The van der Waals surface area contributed by atoms with Gasteiger partial charge in [-0.25, -0.2) is 8.78 Å². The highest BCUT2D eigenvalue weighted by Crippen LogP contribution is 2.28. The topological polar surface area (TPSA) is 48.6 Å². The summed E-state index contributed by atoms with van der Waals surface area (Å²) in [6, 6.07) is 1.97. The van der Waals surface area contributed by atoms with Crippen molar-refractivity contribution < 1.29 is 17.8 Å². The fraction of sp³-hybridized carbons (Fsp3) is 0.357. The summed E-state index contributed by atoms with van der Waals surface area (Å²) in [6.45, 7) is 7.05. The van der Waals surface area contributed by atoms with Gasteiger partial charge in [0.25, 0.3) is 0 Å². The van der Waals surface area contributed by atoms with E-state index < -0.39 is 27.7 Å². The maximum atomic E-state index is 13.6. The molecule has 0 saturated heterocycles. The Morgan fingerprint density at radius 2 is 1.95 bits per heavy atom. The van der Waals surface area contributed by atoms with Gasteiger partial charge in [0.15, 0.2) is 17.2 Å². The van der Waals surface area contributed by atoms with Gasteiger partial charge in [-0.1, -0.05) is 4.40 Å². The molecule has 1 aromatic carbocycles. The van der Waals surface area contributed by atoms with E-state index in [9.17, 15) is 13.3 Å². The van der Waals surface area contributed by atoms with Gasteiger partial charge in [0.2, 0.25) is 0 Å². The van der Waals surface area contributed by atoms with Crippen LogP contribution in [0.1, 0.15) is 32.1 Å². The molecule has 0 aliphatic rings. The molecule has 6 heteroatoms. The Morgan fingerprint density at radius 3 is 2.55 bits per heavy atom. The maximum absolute atomic E-state index is 13.6. The van der Waals surface area contributed by atoms with E-state index in [4.69, 9.17) is 4.42 Å². The lowest BCUT2D eigenvalue weighted by Crippen LogP contribution is -2.25. The van der Waals surface area contributed by atoms with E-state index in [0.717, 1.165) is 6.07 Å². The van der Waals surface area contributed by atoms with Gasteiger partial charge in [0.05, 0.1) is 0 Å². The van der Waals surface area contributed by atoms with E-state index in [2.05, 4.69) is 4.40 Å². The van der Waals surface area contributed by atoms with Crippen LogP contribution in [0.2, 0.25) is 0 Å². The van der Waals surface area contributed by atoms with Crippen LogP contribution in [0.5, 0.6) is 0 Å². The van der Waals surface area contributed by atoms with E-state index in [1.54, 1.807) is 27.7 Å². The third-order valence-electron chi connectivity index (χ3n) is 2.78. The minimum atomic E-state index is -1.44. The van der Waals surface area contributed by atoms with Crippen LogP contribution in [0, 0.1) is 18.6 Å². The number of rotatable bonds is 2. The lowest BCUT2D eigenvalue weighted by Gasteiger charge is -2.17. The van der Waals surface area contributed by atoms with Gasteiger partial charge in [0.1, 0.15) is 28.1 Å². The molecule has 1 aromatic heterocycles. The molecule has 1 unspecified atom stereocenters. The minimum Gasteiger partial charge on any atom is -0.591 e. The summed E-state index contributed by atoms with van der Waals surface area (Å²) >= 11 is -1.44. The largest absolute Gasteiger partial charge is 0.591 e. The highest BCUT2D eigenvalue weighted by molar-refractivity contribution is 7.91. The average Bonchev–Trinajstić information content (AvgIpc) is 2.63. The van der Waals surface area contributed by atoms with Crippen molar-refractivity contribution in [3.63, 3.8) is 0 Å². The molecule has 0 aliphatic heterocycles. The van der Waals surface area contributed by atoms with Gasteiger partial charge in [-0.2, -0.15) is 0 Å². The van der Waals surface area contributed by atoms with Crippen molar-refractivity contribution in [2.45, 2.75) is 32.4 Å². The van der Waals surface area contributed by atoms with E-state index in [0.29, 0.717) is 10.9 Å². The van der Waals surface area contributed by atoms with Crippen molar-refractivity contribution in [3.05, 3.63) is 35.1 Å². The molecule has 0 spiro atoms. The summed E-state index contributed by atoms with van der Waals surface area (Å²) in [7, 11) is 0. The normalized spacial score (nSPS) is 14.3. The van der Waals surface area contributed by atoms with Gasteiger partial charge < -0.3 is 8.97 Å². The van der Waals surface area contributed by atoms with Crippen molar-refractivity contribution in [2.24, 2.45) is 4.40 Å². The van der Waals surface area contributed by atoms with Gasteiger partial charge >= 0.3 is 0 Å². The fourth-order valence-electron chi connectivity index (χ4n) is 1.64. The monoisotopic (exact) mass is 299 g/mol. The molecule has 2 rings (SSSR count). The Morgan fingerprint density at radius 1 is 1.30 bits per heavy atom. The first kappa shape index (κ1) is 15.0. The zero-order chi connectivity index (χ0) is 15.1. The van der Waals surface area contributed by atoms with Crippen LogP contribution in [0.4, 0.5) is 8.78 Å². The molecule has 2 aromatic rings. The zero-order valence-corrected chi connectivity index (χ0v) is 12.5. The molecule has 0 N–H and O–H groups in total. The molecular weight excluding hydrogens is 284 g/mol. The summed E-state index contributed by atoms with van der Waals surface area (Å²) in [5.74, 6) is -1.15. The molecule has 0 bridgehead atoms. The van der Waals surface area contributed by atoms with Gasteiger partial charge in [0, 0.05) is 17.0 Å². The van der Waals surface area contributed by atoms with E-state index in [-0.39, 0.29) is 11.3 Å². The molecule has 0 radical (unpaired) electrons. The molecule has 0 amide bonds. The average molecular weight is 299 g/mol. The Labute approximate surface area is 119 Å². The third-order valence-corrected chi connectivity index (χ3v) is 4.13. The predicted molar refractivity (Wildman–Crippen MR) is 76.4 cm³/mol. The van der Waals surface area contributed by atoms with E-state index in [1.807, 2.05) is 0 Å². The number of nitrogens with zero attached hydrogens (tertiary/aromatic N) is 1. The molecule has 1 heterocycles. The highest BCUT2D eigenvalue weighted by atomic mass is 32.2. The molecule has 0 fully saturated rings. The first-order chi connectivity index (χ1) is 9.20. The smallest absolute Gasteiger partial charge is 0.170 e. The Kier molecular flexibility index (Phi) is 3.88. The second-order valence-electron chi connectivity index (χ2n) is 5.45. The lowest BCUT2D eigenvalue weighted by molar-refractivity contribution is 0.542. The third kappa shape index (κ3) is 2.86. The minimum absolute atomic E-state index is 0.0214. The quantitative estimate of drug-likeness (QED) is 0.623. The number of halogens is 2. The Balaban J connectivity index is 2.44. The van der Waals surface area contributed by atoms with Crippen LogP contribution in [-0.2, 0) is 11.4 Å². The molecule has 1 atom stereocenters. The molecule has 0 aliphatic carbocycles.